The summed E-state index contributed by atoms with van der Waals surface area (Å²) in [6.07, 6.45) is 14.2. The van der Waals surface area contributed by atoms with Crippen LogP contribution >= 0.6 is 0 Å². The van der Waals surface area contributed by atoms with Crippen molar-refractivity contribution in [3.05, 3.63) is 139 Å². The number of carbonyl (C=O) groups is 2. The molecule has 8 rings (SSSR count). The number of carbonyl (C=O) groups excluding carboxylic acids is 2. The molecule has 2 fully saturated rings. The molecule has 2 aliphatic carbocycles. The van der Waals surface area contributed by atoms with E-state index >= 15 is 0 Å². The molecule has 2 heterocycles. The number of nitrogens with zero attached hydrogens (tertiary/aromatic N) is 3. The van der Waals surface area contributed by atoms with E-state index < -0.39 is 0 Å². The van der Waals surface area contributed by atoms with Gasteiger partial charge in [0.05, 0.1) is 40.4 Å². The predicted octanol–water partition coefficient (Wildman–Crippen LogP) is 9.56. The Balaban J connectivity index is 0.000000159. The van der Waals surface area contributed by atoms with Gasteiger partial charge in [0.15, 0.2) is 0 Å². The van der Waals surface area contributed by atoms with Gasteiger partial charge in [-0.2, -0.15) is 0 Å². The first-order valence-corrected chi connectivity index (χ1v) is 18.1. The van der Waals surface area contributed by atoms with E-state index in [-0.39, 0.29) is 11.8 Å². The number of anilines is 3. The molecule has 6 aromatic rings. The fraction of sp³-hybridized carbons (Fsp3) is 0.256. The topological polar surface area (TPSA) is 99.2 Å². The van der Waals surface area contributed by atoms with Gasteiger partial charge in [-0.25, -0.2) is 10.4 Å². The largest absolute Gasteiger partial charge is 0.382 e. The van der Waals surface area contributed by atoms with Crippen molar-refractivity contribution in [1.82, 2.24) is 15.4 Å². The summed E-state index contributed by atoms with van der Waals surface area (Å²) in [4.78, 5) is 34.9. The molecule has 0 bridgehead atoms. The number of nitrogens with one attached hydrogen (secondary N) is 3. The maximum absolute atomic E-state index is 13.2. The van der Waals surface area contributed by atoms with E-state index in [9.17, 15) is 9.59 Å². The van der Waals surface area contributed by atoms with Crippen LogP contribution in [0.1, 0.15) is 78.5 Å². The minimum atomic E-state index is -0.113. The molecule has 3 N–H and O–H groups in total. The van der Waals surface area contributed by atoms with Gasteiger partial charge in [-0.1, -0.05) is 98.8 Å². The molecule has 51 heavy (non-hydrogen) atoms. The summed E-state index contributed by atoms with van der Waals surface area (Å²) >= 11 is 0. The van der Waals surface area contributed by atoms with Crippen molar-refractivity contribution in [2.24, 2.45) is 0 Å². The van der Waals surface area contributed by atoms with Crippen molar-refractivity contribution >= 4 is 50.7 Å². The second-order valence-corrected chi connectivity index (χ2v) is 13.4. The van der Waals surface area contributed by atoms with Crippen molar-refractivity contribution in [2.45, 2.75) is 69.9 Å². The molecular weight excluding hydrogens is 633 g/mol. The Kier molecular flexibility index (Phi) is 10.9. The third kappa shape index (κ3) is 8.59. The summed E-state index contributed by atoms with van der Waals surface area (Å²) in [7, 11) is 0. The van der Waals surface area contributed by atoms with Crippen LogP contribution in [0.5, 0.6) is 0 Å². The number of amides is 2. The lowest BCUT2D eigenvalue weighted by Crippen LogP contribution is -2.49. The fourth-order valence-electron chi connectivity index (χ4n) is 6.99. The molecule has 0 radical (unpaired) electrons. The Bertz CT molecular complexity index is 2090. The van der Waals surface area contributed by atoms with Gasteiger partial charge in [-0.15, -0.1) is 0 Å². The number of rotatable bonds is 8. The van der Waals surface area contributed by atoms with E-state index in [1.807, 2.05) is 115 Å². The van der Waals surface area contributed by atoms with Gasteiger partial charge in [0, 0.05) is 34.1 Å². The lowest BCUT2D eigenvalue weighted by Gasteiger charge is -2.31. The summed E-state index contributed by atoms with van der Waals surface area (Å²) in [5.41, 5.74) is 9.06. The molecule has 2 aliphatic rings. The van der Waals surface area contributed by atoms with Crippen LogP contribution < -0.4 is 21.1 Å². The lowest BCUT2D eigenvalue weighted by atomic mass is 9.96. The molecule has 2 aromatic heterocycles. The highest BCUT2D eigenvalue weighted by Gasteiger charge is 2.23. The number of fused-ring (bicyclic) bond motifs is 2. The van der Waals surface area contributed by atoms with E-state index in [2.05, 4.69) is 26.0 Å². The lowest BCUT2D eigenvalue weighted by molar-refractivity contribution is 0.0964. The van der Waals surface area contributed by atoms with Crippen LogP contribution in [0.3, 0.4) is 0 Å². The molecule has 0 aliphatic heterocycles. The number of hydrazine groups is 1. The van der Waals surface area contributed by atoms with Crippen LogP contribution in [0.25, 0.3) is 21.8 Å². The average molecular weight is 677 g/mol. The smallest absolute Gasteiger partial charge is 0.272 e. The molecule has 2 amide bonds. The monoisotopic (exact) mass is 676 g/mol. The van der Waals surface area contributed by atoms with Crippen molar-refractivity contribution < 1.29 is 9.59 Å². The molecule has 0 spiro atoms. The number of benzene rings is 4. The quantitative estimate of drug-likeness (QED) is 0.139. The van der Waals surface area contributed by atoms with Crippen molar-refractivity contribution in [2.75, 3.05) is 15.6 Å². The van der Waals surface area contributed by atoms with Crippen molar-refractivity contribution in [1.29, 1.82) is 0 Å². The zero-order chi connectivity index (χ0) is 34.8. The Morgan fingerprint density at radius 1 is 0.608 bits per heavy atom. The molecule has 8 nitrogen and oxygen atoms in total. The number of hydrogen-bond donors (Lipinski definition) is 3. The van der Waals surface area contributed by atoms with E-state index in [1.165, 1.54) is 44.9 Å². The second kappa shape index (κ2) is 16.4. The summed E-state index contributed by atoms with van der Waals surface area (Å²) in [5.74, 6) is -0.161. The molecular formula is C43H44N6O2. The van der Waals surface area contributed by atoms with E-state index in [1.54, 1.807) is 17.4 Å². The zero-order valence-corrected chi connectivity index (χ0v) is 28.8. The van der Waals surface area contributed by atoms with Gasteiger partial charge >= 0.3 is 0 Å². The SMILES string of the molecule is O=C(Nc1cnc2ccccc2c1)c1ccccc1NC1CCCC1.O=C(c1ccccc1)N(NC1CCCCC1)c1cnc2ccccc2c1. The first-order chi connectivity index (χ1) is 25.1. The van der Waals surface area contributed by atoms with Gasteiger partial charge in [0.25, 0.3) is 11.8 Å². The highest BCUT2D eigenvalue weighted by molar-refractivity contribution is 6.08. The number of hydrogen-bond acceptors (Lipinski definition) is 6. The Morgan fingerprint density at radius 3 is 1.94 bits per heavy atom. The summed E-state index contributed by atoms with van der Waals surface area (Å²) < 4.78 is 0. The third-order valence-corrected chi connectivity index (χ3v) is 9.71. The Morgan fingerprint density at radius 2 is 1.20 bits per heavy atom. The normalized spacial score (nSPS) is 14.8. The van der Waals surface area contributed by atoms with Gasteiger partial charge < -0.3 is 10.6 Å². The number of aromatic nitrogens is 2. The van der Waals surface area contributed by atoms with Crippen LogP contribution in [0.4, 0.5) is 17.1 Å². The van der Waals surface area contributed by atoms with Crippen LogP contribution in [0.2, 0.25) is 0 Å². The van der Waals surface area contributed by atoms with Crippen molar-refractivity contribution in [3.8, 4) is 0 Å². The van der Waals surface area contributed by atoms with Crippen LogP contribution in [-0.4, -0.2) is 33.9 Å². The minimum absolute atomic E-state index is 0.0479. The Labute approximate surface area is 299 Å². The fourth-order valence-corrected chi connectivity index (χ4v) is 6.99. The van der Waals surface area contributed by atoms with Crippen LogP contribution in [0.15, 0.2) is 128 Å². The molecule has 2 saturated carbocycles. The summed E-state index contributed by atoms with van der Waals surface area (Å²) in [6.45, 7) is 0. The maximum Gasteiger partial charge on any atom is 0.272 e. The highest BCUT2D eigenvalue weighted by atomic mass is 16.2. The van der Waals surface area contributed by atoms with E-state index in [0.29, 0.717) is 28.9 Å². The van der Waals surface area contributed by atoms with Gasteiger partial charge in [-0.05, 0) is 74.2 Å². The third-order valence-electron chi connectivity index (χ3n) is 9.71. The van der Waals surface area contributed by atoms with E-state index in [0.717, 1.165) is 46.0 Å². The maximum atomic E-state index is 13.2. The van der Waals surface area contributed by atoms with Crippen LogP contribution in [-0.2, 0) is 0 Å². The number of pyridine rings is 2. The van der Waals surface area contributed by atoms with E-state index in [4.69, 9.17) is 0 Å². The minimum Gasteiger partial charge on any atom is -0.382 e. The molecule has 0 unspecified atom stereocenters. The highest BCUT2D eigenvalue weighted by Crippen LogP contribution is 2.26. The second-order valence-electron chi connectivity index (χ2n) is 13.4. The van der Waals surface area contributed by atoms with Gasteiger partial charge in [0.2, 0.25) is 0 Å². The molecule has 4 aromatic carbocycles. The van der Waals surface area contributed by atoms with Gasteiger partial charge in [-0.3, -0.25) is 19.6 Å². The summed E-state index contributed by atoms with van der Waals surface area (Å²) in [6, 6.07) is 37.7. The summed E-state index contributed by atoms with van der Waals surface area (Å²) in [5, 5.41) is 10.2. The average Bonchev–Trinajstić information content (AvgIpc) is 3.71. The first kappa shape index (κ1) is 33.9. The standard InChI is InChI=1S/C22H23N3O.C21H21N3O/c26-22(17-9-3-1-4-10-17)25(24-19-12-5-2-6-13-19)20-15-18-11-7-8-14-21(18)23-16-20;25-21(24-17-13-15-7-1-5-11-19(15)22-14-17)18-10-4-6-12-20(18)23-16-8-2-3-9-16/h1,3-4,7-11,14-16,19,24H,2,5-6,12-13H2;1,4-7,10-14,16,23H,2-3,8-9H2,(H,24,25). The molecule has 0 saturated heterocycles. The molecule has 258 valence electrons. The predicted molar refractivity (Wildman–Crippen MR) is 207 cm³/mol. The first-order valence-electron chi connectivity index (χ1n) is 18.1. The molecule has 8 heteroatoms. The van der Waals surface area contributed by atoms with Gasteiger partial charge in [0.1, 0.15) is 0 Å². The zero-order valence-electron chi connectivity index (χ0n) is 28.8. The Hall–Kier alpha value is -5.60. The molecule has 0 atom stereocenters. The number of para-hydroxylation sites is 3. The van der Waals surface area contributed by atoms with Crippen LogP contribution in [0, 0.1) is 0 Å². The van der Waals surface area contributed by atoms with Crippen molar-refractivity contribution in [3.63, 3.8) is 0 Å².